The number of aliphatic hydroxyl groups excluding tert-OH is 1. The average Bonchev–Trinajstić information content (AvgIpc) is 3.46. The first-order valence-electron chi connectivity index (χ1n) is 11.4. The van der Waals surface area contributed by atoms with Crippen molar-refractivity contribution in [2.75, 3.05) is 13.7 Å². The van der Waals surface area contributed by atoms with Crippen LogP contribution in [0.1, 0.15) is 48.9 Å². The Hall–Kier alpha value is -3.87. The van der Waals surface area contributed by atoms with Crippen molar-refractivity contribution in [3.63, 3.8) is 0 Å². The number of hydrogen-bond donors (Lipinski definition) is 1. The van der Waals surface area contributed by atoms with Gasteiger partial charge >= 0.3 is 0 Å². The third kappa shape index (κ3) is 4.46. The molecule has 176 valence electrons. The molecule has 3 aromatic rings. The molecule has 1 aromatic heterocycles. The van der Waals surface area contributed by atoms with Gasteiger partial charge in [0.25, 0.3) is 11.7 Å². The number of Topliss-reactive ketones (excluding diaryl/α,β-unsaturated/α-hetero) is 1. The van der Waals surface area contributed by atoms with Gasteiger partial charge in [-0.05, 0) is 35.6 Å². The summed E-state index contributed by atoms with van der Waals surface area (Å²) in [7, 11) is 1.50. The number of aryl methyl sites for hydroxylation is 1. The van der Waals surface area contributed by atoms with Crippen LogP contribution in [0, 0.1) is 0 Å². The molecular weight excluding hydrogens is 430 g/mol. The van der Waals surface area contributed by atoms with Gasteiger partial charge in [0.05, 0.1) is 30.6 Å². The number of rotatable bonds is 8. The van der Waals surface area contributed by atoms with Gasteiger partial charge in [0.2, 0.25) is 0 Å². The number of aromatic nitrogens is 2. The van der Waals surface area contributed by atoms with Gasteiger partial charge < -0.3 is 19.3 Å². The van der Waals surface area contributed by atoms with E-state index in [0.29, 0.717) is 36.7 Å². The van der Waals surface area contributed by atoms with Crippen molar-refractivity contribution in [2.24, 2.45) is 0 Å². The standard InChI is InChI=1S/C27H29N3O4/c1-18(2)19-9-11-20(12-10-19)24-23(25(31)21-7-4-5-8-22(21)34-3)26(32)27(33)30(24)15-6-14-29-16-13-28-17-29/h4-5,7-13,16-18,24,31H,6,14-15H2,1-3H3/b25-23+. The van der Waals surface area contributed by atoms with Crippen molar-refractivity contribution in [3.05, 3.63) is 89.5 Å². The Kier molecular flexibility index (Phi) is 6.82. The fraction of sp³-hybridized carbons (Fsp3) is 0.296. The molecule has 1 aliphatic rings. The van der Waals surface area contributed by atoms with Crippen molar-refractivity contribution in [3.8, 4) is 5.75 Å². The number of ether oxygens (including phenoxy) is 1. The topological polar surface area (TPSA) is 84.7 Å². The molecule has 2 aromatic carbocycles. The highest BCUT2D eigenvalue weighted by molar-refractivity contribution is 6.46. The van der Waals surface area contributed by atoms with Crippen LogP contribution in [-0.4, -0.2) is 44.9 Å². The zero-order valence-corrected chi connectivity index (χ0v) is 19.6. The predicted molar refractivity (Wildman–Crippen MR) is 129 cm³/mol. The maximum atomic E-state index is 13.2. The summed E-state index contributed by atoms with van der Waals surface area (Å²) in [6, 6.07) is 14.1. The van der Waals surface area contributed by atoms with Crippen molar-refractivity contribution in [2.45, 2.75) is 38.8 Å². The molecule has 1 fully saturated rings. The number of nitrogens with zero attached hydrogens (tertiary/aromatic N) is 3. The lowest BCUT2D eigenvalue weighted by Gasteiger charge is -2.26. The van der Waals surface area contributed by atoms with Crippen molar-refractivity contribution < 1.29 is 19.4 Å². The molecule has 34 heavy (non-hydrogen) atoms. The van der Waals surface area contributed by atoms with Crippen molar-refractivity contribution in [1.29, 1.82) is 0 Å². The van der Waals surface area contributed by atoms with Crippen LogP contribution >= 0.6 is 0 Å². The monoisotopic (exact) mass is 459 g/mol. The van der Waals surface area contributed by atoms with E-state index >= 15 is 0 Å². The second kappa shape index (κ2) is 9.95. The lowest BCUT2D eigenvalue weighted by Crippen LogP contribution is -2.31. The normalized spacial score (nSPS) is 17.5. The number of carbonyl (C=O) groups is 2. The van der Waals surface area contributed by atoms with Crippen LogP contribution in [0.25, 0.3) is 5.76 Å². The lowest BCUT2D eigenvalue weighted by molar-refractivity contribution is -0.139. The number of imidazole rings is 1. The third-order valence-electron chi connectivity index (χ3n) is 6.20. The van der Waals surface area contributed by atoms with Gasteiger partial charge in [-0.1, -0.05) is 50.2 Å². The molecule has 7 nitrogen and oxygen atoms in total. The van der Waals surface area contributed by atoms with Gasteiger partial charge in [0, 0.05) is 25.5 Å². The first-order valence-corrected chi connectivity index (χ1v) is 11.4. The Labute approximate surface area is 199 Å². The van der Waals surface area contributed by atoms with E-state index in [1.807, 2.05) is 35.0 Å². The zero-order chi connectivity index (χ0) is 24.2. The van der Waals surface area contributed by atoms with Crippen LogP contribution in [0.15, 0.2) is 72.8 Å². The fourth-order valence-corrected chi connectivity index (χ4v) is 4.35. The highest BCUT2D eigenvalue weighted by Gasteiger charge is 2.46. The summed E-state index contributed by atoms with van der Waals surface area (Å²) in [5, 5.41) is 11.3. The Bertz CT molecular complexity index is 1200. The summed E-state index contributed by atoms with van der Waals surface area (Å²) in [4.78, 5) is 32.0. The van der Waals surface area contributed by atoms with Gasteiger partial charge in [0.1, 0.15) is 11.5 Å². The second-order valence-electron chi connectivity index (χ2n) is 8.67. The largest absolute Gasteiger partial charge is 0.507 e. The summed E-state index contributed by atoms with van der Waals surface area (Å²) in [5.41, 5.74) is 2.40. The number of hydrogen-bond acceptors (Lipinski definition) is 5. The number of para-hydroxylation sites is 1. The van der Waals surface area contributed by atoms with Crippen LogP contribution in [0.5, 0.6) is 5.75 Å². The summed E-state index contributed by atoms with van der Waals surface area (Å²) in [6.07, 6.45) is 5.92. The SMILES string of the molecule is COc1ccccc1/C(O)=C1\C(=O)C(=O)N(CCCn2ccnc2)C1c1ccc(C(C)C)cc1. The van der Waals surface area contributed by atoms with Gasteiger partial charge in [-0.15, -0.1) is 0 Å². The van der Waals surface area contributed by atoms with Crippen LogP contribution in [0.2, 0.25) is 0 Å². The minimum atomic E-state index is -0.691. The number of ketones is 1. The van der Waals surface area contributed by atoms with E-state index in [1.54, 1.807) is 41.7 Å². The smallest absolute Gasteiger partial charge is 0.295 e. The molecule has 0 bridgehead atoms. The van der Waals surface area contributed by atoms with Crippen molar-refractivity contribution in [1.82, 2.24) is 14.5 Å². The van der Waals surface area contributed by atoms with Gasteiger partial charge in [-0.25, -0.2) is 4.98 Å². The zero-order valence-electron chi connectivity index (χ0n) is 19.6. The van der Waals surface area contributed by atoms with E-state index in [9.17, 15) is 14.7 Å². The Morgan fingerprint density at radius 3 is 2.47 bits per heavy atom. The molecule has 1 N–H and O–H groups in total. The molecule has 1 amide bonds. The average molecular weight is 460 g/mol. The third-order valence-corrected chi connectivity index (χ3v) is 6.20. The number of aliphatic hydroxyl groups is 1. The number of benzene rings is 2. The molecule has 4 rings (SSSR count). The highest BCUT2D eigenvalue weighted by atomic mass is 16.5. The van der Waals surface area contributed by atoms with E-state index in [0.717, 1.165) is 11.1 Å². The molecule has 2 heterocycles. The quantitative estimate of drug-likeness (QED) is 0.304. The maximum absolute atomic E-state index is 13.2. The molecule has 1 atom stereocenters. The van der Waals surface area contributed by atoms with E-state index in [-0.39, 0.29) is 11.3 Å². The summed E-state index contributed by atoms with van der Waals surface area (Å²) >= 11 is 0. The summed E-state index contributed by atoms with van der Waals surface area (Å²) < 4.78 is 7.32. The van der Waals surface area contributed by atoms with Gasteiger partial charge in [-0.3, -0.25) is 9.59 Å². The summed E-state index contributed by atoms with van der Waals surface area (Å²) in [6.45, 7) is 5.24. The second-order valence-corrected chi connectivity index (χ2v) is 8.67. The number of likely N-dealkylation sites (tertiary alicyclic amines) is 1. The van der Waals surface area contributed by atoms with E-state index in [1.165, 1.54) is 7.11 Å². The first kappa shape index (κ1) is 23.3. The molecule has 0 saturated carbocycles. The highest BCUT2D eigenvalue weighted by Crippen LogP contribution is 2.41. The number of amides is 1. The number of methoxy groups -OCH3 is 1. The van der Waals surface area contributed by atoms with Crippen molar-refractivity contribution >= 4 is 17.4 Å². The molecule has 1 saturated heterocycles. The molecule has 7 heteroatoms. The minimum absolute atomic E-state index is 0.0782. The maximum Gasteiger partial charge on any atom is 0.295 e. The first-order chi connectivity index (χ1) is 16.4. The lowest BCUT2D eigenvalue weighted by atomic mass is 9.93. The van der Waals surface area contributed by atoms with E-state index in [2.05, 4.69) is 18.8 Å². The van der Waals surface area contributed by atoms with Gasteiger partial charge in [0.15, 0.2) is 0 Å². The number of carbonyl (C=O) groups excluding carboxylic acids is 2. The van der Waals surface area contributed by atoms with Crippen LogP contribution in [0.3, 0.4) is 0 Å². The van der Waals surface area contributed by atoms with E-state index in [4.69, 9.17) is 4.74 Å². The molecule has 0 spiro atoms. The molecule has 1 unspecified atom stereocenters. The Morgan fingerprint density at radius 2 is 1.82 bits per heavy atom. The van der Waals surface area contributed by atoms with Crippen LogP contribution in [-0.2, 0) is 16.1 Å². The molecule has 0 radical (unpaired) electrons. The molecule has 0 aliphatic carbocycles. The van der Waals surface area contributed by atoms with Crippen LogP contribution in [0.4, 0.5) is 0 Å². The predicted octanol–water partition coefficient (Wildman–Crippen LogP) is 4.53. The molecule has 1 aliphatic heterocycles. The van der Waals surface area contributed by atoms with Gasteiger partial charge in [-0.2, -0.15) is 0 Å². The van der Waals surface area contributed by atoms with Crippen LogP contribution < -0.4 is 4.74 Å². The van der Waals surface area contributed by atoms with E-state index < -0.39 is 17.7 Å². The molecular formula is C27H29N3O4. The minimum Gasteiger partial charge on any atom is -0.507 e. The Balaban J connectivity index is 1.76. The fourth-order valence-electron chi connectivity index (χ4n) is 4.35. The Morgan fingerprint density at radius 1 is 1.09 bits per heavy atom. The summed E-state index contributed by atoms with van der Waals surface area (Å²) in [5.74, 6) is -0.751.